The summed E-state index contributed by atoms with van der Waals surface area (Å²) in [7, 11) is 0. The fourth-order valence-electron chi connectivity index (χ4n) is 2.48. The average Bonchev–Trinajstić information content (AvgIpc) is 3.27. The number of carbonyl (C=O) groups excluding carboxylic acids is 2. The number of nitrogens with zero attached hydrogens (tertiary/aromatic N) is 1. The zero-order chi connectivity index (χ0) is 14.7. The van der Waals surface area contributed by atoms with Crippen molar-refractivity contribution >= 4 is 17.6 Å². The van der Waals surface area contributed by atoms with Gasteiger partial charge in [-0.15, -0.1) is 0 Å². The minimum Gasteiger partial charge on any atom is -0.361 e. The van der Waals surface area contributed by atoms with Crippen LogP contribution in [0.4, 0.5) is 10.5 Å². The molecule has 0 atom stereocenters. The second-order valence-corrected chi connectivity index (χ2v) is 5.52. The number of carbonyl (C=O) groups is 2. The molecule has 0 aromatic heterocycles. The monoisotopic (exact) mass is 288 g/mol. The number of benzene rings is 1. The number of para-hydroxylation sites is 1. The molecule has 6 nitrogen and oxygen atoms in total. The lowest BCUT2D eigenvalue weighted by molar-refractivity contribution is -0.118. The maximum absolute atomic E-state index is 12.0. The van der Waals surface area contributed by atoms with Crippen LogP contribution in [0.25, 0.3) is 0 Å². The van der Waals surface area contributed by atoms with E-state index in [-0.39, 0.29) is 24.5 Å². The molecule has 1 aromatic carbocycles. The molecule has 6 heteroatoms. The molecule has 0 saturated heterocycles. The first kappa shape index (κ1) is 13.9. The Morgan fingerprint density at radius 1 is 1.29 bits per heavy atom. The molecule has 1 heterocycles. The van der Waals surface area contributed by atoms with E-state index in [9.17, 15) is 9.59 Å². The number of urea groups is 1. The highest BCUT2D eigenvalue weighted by atomic mass is 16.2. The van der Waals surface area contributed by atoms with E-state index in [0.29, 0.717) is 0 Å². The molecular weight excluding hydrogens is 268 g/mol. The predicted octanol–water partition coefficient (Wildman–Crippen LogP) is 0.584. The highest BCUT2D eigenvalue weighted by molar-refractivity contribution is 5.96. The summed E-state index contributed by atoms with van der Waals surface area (Å²) < 4.78 is 0. The average molecular weight is 288 g/mol. The normalized spacial score (nSPS) is 17.6. The third-order valence-electron chi connectivity index (χ3n) is 3.71. The van der Waals surface area contributed by atoms with Crippen molar-refractivity contribution in [1.82, 2.24) is 16.0 Å². The third kappa shape index (κ3) is 3.72. The highest BCUT2D eigenvalue weighted by Crippen LogP contribution is 2.21. The molecule has 1 aromatic rings. The summed E-state index contributed by atoms with van der Waals surface area (Å²) in [6.07, 6.45) is 2.01. The molecule has 21 heavy (non-hydrogen) atoms. The van der Waals surface area contributed by atoms with Gasteiger partial charge in [0.1, 0.15) is 0 Å². The van der Waals surface area contributed by atoms with Crippen LogP contribution in [-0.2, 0) is 11.3 Å². The molecule has 0 spiro atoms. The van der Waals surface area contributed by atoms with E-state index in [1.54, 1.807) is 0 Å². The summed E-state index contributed by atoms with van der Waals surface area (Å²) in [6.45, 7) is 2.55. The van der Waals surface area contributed by atoms with Gasteiger partial charge < -0.3 is 15.5 Å². The second-order valence-electron chi connectivity index (χ2n) is 5.52. The fraction of sp³-hybridized carbons (Fsp3) is 0.467. The Labute approximate surface area is 123 Å². The van der Waals surface area contributed by atoms with Gasteiger partial charge in [-0.3, -0.25) is 10.1 Å². The van der Waals surface area contributed by atoms with Crippen molar-refractivity contribution in [2.24, 2.45) is 0 Å². The lowest BCUT2D eigenvalue weighted by atomic mass is 10.1. The van der Waals surface area contributed by atoms with Gasteiger partial charge in [-0.1, -0.05) is 18.2 Å². The summed E-state index contributed by atoms with van der Waals surface area (Å²) in [5.74, 6) is -0.273. The zero-order valence-electron chi connectivity index (χ0n) is 11.9. The molecule has 3 rings (SSSR count). The van der Waals surface area contributed by atoms with Crippen molar-refractivity contribution in [3.05, 3.63) is 29.8 Å². The van der Waals surface area contributed by atoms with Crippen LogP contribution in [-0.4, -0.2) is 37.6 Å². The van der Waals surface area contributed by atoms with Crippen LogP contribution < -0.4 is 20.9 Å². The van der Waals surface area contributed by atoms with Gasteiger partial charge in [-0.05, 0) is 24.5 Å². The first-order valence-corrected chi connectivity index (χ1v) is 7.36. The molecule has 2 aliphatic rings. The molecule has 0 radical (unpaired) electrons. The quantitative estimate of drug-likeness (QED) is 0.761. The molecule has 3 amide bonds. The maximum atomic E-state index is 12.0. The Bertz CT molecular complexity index is 542. The Hall–Kier alpha value is -2.08. The number of rotatable bonds is 3. The Kier molecular flexibility index (Phi) is 4.06. The number of fused-ring (bicyclic) bond motifs is 1. The van der Waals surface area contributed by atoms with Crippen LogP contribution in [0.1, 0.15) is 18.4 Å². The lowest BCUT2D eigenvalue weighted by Gasteiger charge is -2.23. The van der Waals surface area contributed by atoms with Crippen molar-refractivity contribution in [2.45, 2.75) is 25.4 Å². The lowest BCUT2D eigenvalue weighted by Crippen LogP contribution is -2.45. The van der Waals surface area contributed by atoms with Crippen molar-refractivity contribution < 1.29 is 9.59 Å². The summed E-state index contributed by atoms with van der Waals surface area (Å²) in [5, 5.41) is 8.48. The van der Waals surface area contributed by atoms with Gasteiger partial charge in [0.15, 0.2) is 0 Å². The van der Waals surface area contributed by atoms with E-state index in [1.807, 2.05) is 23.1 Å². The Morgan fingerprint density at radius 2 is 2.10 bits per heavy atom. The summed E-state index contributed by atoms with van der Waals surface area (Å²) in [4.78, 5) is 25.6. The van der Waals surface area contributed by atoms with Gasteiger partial charge in [0, 0.05) is 31.4 Å². The van der Waals surface area contributed by atoms with Crippen LogP contribution in [0, 0.1) is 0 Å². The SMILES string of the molecule is O=C(CN1CCNCc2ccccc21)NC(=O)NC1CC1. The van der Waals surface area contributed by atoms with Gasteiger partial charge in [0.25, 0.3) is 0 Å². The van der Waals surface area contributed by atoms with E-state index in [4.69, 9.17) is 0 Å². The Morgan fingerprint density at radius 3 is 2.90 bits per heavy atom. The van der Waals surface area contributed by atoms with Crippen LogP contribution in [0.5, 0.6) is 0 Å². The molecule has 1 aliphatic carbocycles. The van der Waals surface area contributed by atoms with Crippen LogP contribution in [0.15, 0.2) is 24.3 Å². The molecule has 1 fully saturated rings. The van der Waals surface area contributed by atoms with Gasteiger partial charge in [-0.2, -0.15) is 0 Å². The van der Waals surface area contributed by atoms with E-state index < -0.39 is 0 Å². The summed E-state index contributed by atoms with van der Waals surface area (Å²) in [6, 6.07) is 7.89. The standard InChI is InChI=1S/C15H20N4O2/c20-14(18-15(21)17-12-5-6-12)10-19-8-7-16-9-11-3-1-2-4-13(11)19/h1-4,12,16H,5-10H2,(H2,17,18,20,21). The fourth-order valence-corrected chi connectivity index (χ4v) is 2.48. The molecular formula is C15H20N4O2. The summed E-state index contributed by atoms with van der Waals surface area (Å²) >= 11 is 0. The van der Waals surface area contributed by atoms with Crippen molar-refractivity contribution in [2.75, 3.05) is 24.5 Å². The van der Waals surface area contributed by atoms with Gasteiger partial charge in [-0.25, -0.2) is 4.79 Å². The van der Waals surface area contributed by atoms with Gasteiger partial charge in [0.2, 0.25) is 5.91 Å². The van der Waals surface area contributed by atoms with Gasteiger partial charge >= 0.3 is 6.03 Å². The van der Waals surface area contributed by atoms with E-state index in [2.05, 4.69) is 22.0 Å². The van der Waals surface area contributed by atoms with Crippen molar-refractivity contribution in [1.29, 1.82) is 0 Å². The molecule has 3 N–H and O–H groups in total. The third-order valence-corrected chi connectivity index (χ3v) is 3.71. The first-order valence-electron chi connectivity index (χ1n) is 7.36. The zero-order valence-corrected chi connectivity index (χ0v) is 11.9. The minimum atomic E-state index is -0.385. The largest absolute Gasteiger partial charge is 0.361 e. The van der Waals surface area contributed by atoms with Gasteiger partial charge in [0.05, 0.1) is 6.54 Å². The van der Waals surface area contributed by atoms with E-state index >= 15 is 0 Å². The highest BCUT2D eigenvalue weighted by Gasteiger charge is 2.24. The van der Waals surface area contributed by atoms with E-state index in [0.717, 1.165) is 38.2 Å². The van der Waals surface area contributed by atoms with Crippen LogP contribution in [0.3, 0.4) is 0 Å². The Balaban J connectivity index is 1.60. The maximum Gasteiger partial charge on any atom is 0.321 e. The number of imide groups is 1. The molecule has 1 saturated carbocycles. The van der Waals surface area contributed by atoms with E-state index in [1.165, 1.54) is 5.56 Å². The smallest absolute Gasteiger partial charge is 0.321 e. The second kappa shape index (κ2) is 6.13. The molecule has 0 unspecified atom stereocenters. The number of anilines is 1. The number of hydrogen-bond donors (Lipinski definition) is 3. The summed E-state index contributed by atoms with van der Waals surface area (Å²) in [5.41, 5.74) is 2.23. The predicted molar refractivity (Wildman–Crippen MR) is 80.1 cm³/mol. The molecule has 1 aliphatic heterocycles. The number of amides is 3. The van der Waals surface area contributed by atoms with Crippen molar-refractivity contribution in [3.63, 3.8) is 0 Å². The number of nitrogens with one attached hydrogen (secondary N) is 3. The minimum absolute atomic E-state index is 0.191. The van der Waals surface area contributed by atoms with Crippen LogP contribution in [0.2, 0.25) is 0 Å². The first-order chi connectivity index (χ1) is 10.2. The number of hydrogen-bond acceptors (Lipinski definition) is 4. The molecule has 112 valence electrons. The van der Waals surface area contributed by atoms with Crippen LogP contribution >= 0.6 is 0 Å². The topological polar surface area (TPSA) is 73.5 Å². The molecule has 0 bridgehead atoms. The van der Waals surface area contributed by atoms with Crippen molar-refractivity contribution in [3.8, 4) is 0 Å².